The van der Waals surface area contributed by atoms with Gasteiger partial charge in [0, 0.05) is 17.5 Å². The van der Waals surface area contributed by atoms with Crippen LogP contribution < -0.4 is 0 Å². The molecule has 1 aromatic carbocycles. The third-order valence-corrected chi connectivity index (χ3v) is 3.61. The molecule has 1 aliphatic carbocycles. The molecule has 0 aliphatic heterocycles. The molecule has 1 aromatic heterocycles. The summed E-state index contributed by atoms with van der Waals surface area (Å²) in [6.07, 6.45) is 2.71. The van der Waals surface area contributed by atoms with Crippen LogP contribution in [0, 0.1) is 11.6 Å². The highest BCUT2D eigenvalue weighted by molar-refractivity contribution is 5.54. The summed E-state index contributed by atoms with van der Waals surface area (Å²) in [5.74, 6) is -0.585. The summed E-state index contributed by atoms with van der Waals surface area (Å²) in [5.41, 5.74) is 0.258. The molecule has 4 nitrogen and oxygen atoms in total. The van der Waals surface area contributed by atoms with E-state index in [9.17, 15) is 13.9 Å². The lowest BCUT2D eigenvalue weighted by atomic mass is 9.87. The zero-order valence-electron chi connectivity index (χ0n) is 10.7. The minimum atomic E-state index is -0.674. The van der Waals surface area contributed by atoms with E-state index in [0.717, 1.165) is 18.9 Å². The molecular weight excluding hydrogens is 266 g/mol. The van der Waals surface area contributed by atoms with E-state index in [1.54, 1.807) is 0 Å². The maximum atomic E-state index is 13.2. The topological polar surface area (TPSA) is 59.2 Å². The Hall–Kier alpha value is -1.82. The molecule has 0 unspecified atom stereocenters. The van der Waals surface area contributed by atoms with Gasteiger partial charge < -0.3 is 9.63 Å². The van der Waals surface area contributed by atoms with Gasteiger partial charge in [-0.15, -0.1) is 0 Å². The Morgan fingerprint density at radius 3 is 2.35 bits per heavy atom. The highest BCUT2D eigenvalue weighted by Gasteiger charge is 2.25. The van der Waals surface area contributed by atoms with Crippen LogP contribution in [0.5, 0.6) is 0 Å². The molecule has 20 heavy (non-hydrogen) atoms. The van der Waals surface area contributed by atoms with Gasteiger partial charge >= 0.3 is 0 Å². The molecule has 2 aromatic rings. The molecule has 0 bridgehead atoms. The predicted molar refractivity (Wildman–Crippen MR) is 66.9 cm³/mol. The fourth-order valence-electron chi connectivity index (χ4n) is 2.52. The van der Waals surface area contributed by atoms with Crippen molar-refractivity contribution >= 4 is 0 Å². The van der Waals surface area contributed by atoms with Gasteiger partial charge in [0.25, 0.3) is 0 Å². The Balaban J connectivity index is 1.83. The summed E-state index contributed by atoms with van der Waals surface area (Å²) in [5, 5.41) is 13.2. The lowest BCUT2D eigenvalue weighted by molar-refractivity contribution is 0.116. The van der Waals surface area contributed by atoms with Crippen LogP contribution in [0.25, 0.3) is 11.4 Å². The number of rotatable bonds is 2. The zero-order valence-corrected chi connectivity index (χ0v) is 10.7. The number of halogens is 2. The third-order valence-electron chi connectivity index (χ3n) is 3.61. The van der Waals surface area contributed by atoms with Crippen molar-refractivity contribution in [2.24, 2.45) is 0 Å². The van der Waals surface area contributed by atoms with Crippen molar-refractivity contribution in [2.45, 2.75) is 37.7 Å². The van der Waals surface area contributed by atoms with Crippen molar-refractivity contribution in [1.82, 2.24) is 10.1 Å². The third kappa shape index (κ3) is 2.70. The summed E-state index contributed by atoms with van der Waals surface area (Å²) < 4.78 is 31.5. The number of nitrogens with zero attached hydrogens (tertiary/aromatic N) is 2. The normalized spacial score (nSPS) is 22.9. The quantitative estimate of drug-likeness (QED) is 0.918. The molecule has 1 heterocycles. The molecule has 0 spiro atoms. The van der Waals surface area contributed by atoms with E-state index in [1.807, 2.05) is 0 Å². The Kier molecular flexibility index (Phi) is 3.48. The number of aromatic nitrogens is 2. The van der Waals surface area contributed by atoms with E-state index in [2.05, 4.69) is 10.1 Å². The SMILES string of the molecule is OC1CCC(c2nc(-c3cc(F)cc(F)c3)no2)CC1. The van der Waals surface area contributed by atoms with E-state index in [0.29, 0.717) is 18.7 Å². The smallest absolute Gasteiger partial charge is 0.230 e. The van der Waals surface area contributed by atoms with E-state index in [1.165, 1.54) is 12.1 Å². The molecule has 106 valence electrons. The molecule has 0 atom stereocenters. The molecule has 1 saturated carbocycles. The summed E-state index contributed by atoms with van der Waals surface area (Å²) in [6, 6.07) is 3.14. The van der Waals surface area contributed by atoms with Crippen molar-refractivity contribution in [3.63, 3.8) is 0 Å². The van der Waals surface area contributed by atoms with Gasteiger partial charge in [-0.05, 0) is 37.8 Å². The molecule has 3 rings (SSSR count). The maximum absolute atomic E-state index is 13.2. The molecule has 0 saturated heterocycles. The van der Waals surface area contributed by atoms with Crippen LogP contribution in [-0.4, -0.2) is 21.4 Å². The average Bonchev–Trinajstić information content (AvgIpc) is 2.88. The first-order valence-electron chi connectivity index (χ1n) is 6.60. The van der Waals surface area contributed by atoms with Crippen molar-refractivity contribution in [1.29, 1.82) is 0 Å². The molecule has 1 fully saturated rings. The number of benzene rings is 1. The largest absolute Gasteiger partial charge is 0.393 e. The monoisotopic (exact) mass is 280 g/mol. The lowest BCUT2D eigenvalue weighted by Gasteiger charge is -2.22. The van der Waals surface area contributed by atoms with Crippen LogP contribution >= 0.6 is 0 Å². The minimum absolute atomic E-state index is 0.109. The second-order valence-electron chi connectivity index (χ2n) is 5.12. The Morgan fingerprint density at radius 1 is 1.05 bits per heavy atom. The molecule has 6 heteroatoms. The van der Waals surface area contributed by atoms with Gasteiger partial charge in [0.1, 0.15) is 11.6 Å². The van der Waals surface area contributed by atoms with Crippen molar-refractivity contribution in [3.05, 3.63) is 35.7 Å². The van der Waals surface area contributed by atoms with Crippen LogP contribution in [0.4, 0.5) is 8.78 Å². The van der Waals surface area contributed by atoms with Gasteiger partial charge in [-0.1, -0.05) is 5.16 Å². The van der Waals surface area contributed by atoms with Gasteiger partial charge in [-0.2, -0.15) is 4.98 Å². The van der Waals surface area contributed by atoms with Crippen LogP contribution in [-0.2, 0) is 0 Å². The van der Waals surface area contributed by atoms with Gasteiger partial charge in [0.05, 0.1) is 6.10 Å². The minimum Gasteiger partial charge on any atom is -0.393 e. The Labute approximate surface area is 114 Å². The summed E-state index contributed by atoms with van der Waals surface area (Å²) in [6.45, 7) is 0. The fraction of sp³-hybridized carbons (Fsp3) is 0.429. The number of aliphatic hydroxyl groups excluding tert-OH is 1. The molecule has 0 amide bonds. The Bertz CT molecular complexity index is 587. The van der Waals surface area contributed by atoms with Crippen LogP contribution in [0.15, 0.2) is 22.7 Å². The van der Waals surface area contributed by atoms with Crippen LogP contribution in [0.1, 0.15) is 37.5 Å². The van der Waals surface area contributed by atoms with Gasteiger partial charge in [-0.3, -0.25) is 0 Å². The average molecular weight is 280 g/mol. The molecule has 1 N–H and O–H groups in total. The molecule has 1 aliphatic rings. The van der Waals surface area contributed by atoms with Gasteiger partial charge in [-0.25, -0.2) is 8.78 Å². The van der Waals surface area contributed by atoms with Crippen LogP contribution in [0.3, 0.4) is 0 Å². The standard InChI is InChI=1S/C14H14F2N2O2/c15-10-5-9(6-11(16)7-10)13-17-14(20-18-13)8-1-3-12(19)4-2-8/h5-8,12,19H,1-4H2. The fourth-order valence-corrected chi connectivity index (χ4v) is 2.52. The highest BCUT2D eigenvalue weighted by Crippen LogP contribution is 2.32. The van der Waals surface area contributed by atoms with Crippen molar-refractivity contribution < 1.29 is 18.4 Å². The second-order valence-corrected chi connectivity index (χ2v) is 5.12. The number of hydrogen-bond donors (Lipinski definition) is 1. The van der Waals surface area contributed by atoms with Crippen LogP contribution in [0.2, 0.25) is 0 Å². The van der Waals surface area contributed by atoms with Gasteiger partial charge in [0.2, 0.25) is 11.7 Å². The zero-order chi connectivity index (χ0) is 14.1. The first-order chi connectivity index (χ1) is 9.61. The highest BCUT2D eigenvalue weighted by atomic mass is 19.1. The number of aliphatic hydroxyl groups is 1. The summed E-state index contributed by atoms with van der Waals surface area (Å²) in [4.78, 5) is 4.22. The summed E-state index contributed by atoms with van der Waals surface area (Å²) in [7, 11) is 0. The number of hydrogen-bond acceptors (Lipinski definition) is 4. The second kappa shape index (κ2) is 5.28. The Morgan fingerprint density at radius 2 is 1.70 bits per heavy atom. The predicted octanol–water partition coefficient (Wildman–Crippen LogP) is 3.03. The molecule has 0 radical (unpaired) electrons. The maximum Gasteiger partial charge on any atom is 0.230 e. The van der Waals surface area contributed by atoms with E-state index in [-0.39, 0.29) is 23.4 Å². The van der Waals surface area contributed by atoms with E-state index < -0.39 is 11.6 Å². The lowest BCUT2D eigenvalue weighted by Crippen LogP contribution is -2.17. The first-order valence-corrected chi connectivity index (χ1v) is 6.60. The van der Waals surface area contributed by atoms with Crippen molar-refractivity contribution in [3.8, 4) is 11.4 Å². The van der Waals surface area contributed by atoms with Gasteiger partial charge in [0.15, 0.2) is 0 Å². The first kappa shape index (κ1) is 13.2. The molecular formula is C14H14F2N2O2. The van der Waals surface area contributed by atoms with Crippen molar-refractivity contribution in [2.75, 3.05) is 0 Å². The van der Waals surface area contributed by atoms with E-state index in [4.69, 9.17) is 4.52 Å². The van der Waals surface area contributed by atoms with E-state index >= 15 is 0 Å². The summed E-state index contributed by atoms with van der Waals surface area (Å²) >= 11 is 0.